The highest BCUT2D eigenvalue weighted by Crippen LogP contribution is 2.34. The highest BCUT2D eigenvalue weighted by molar-refractivity contribution is 5.53. The van der Waals surface area contributed by atoms with E-state index in [4.69, 9.17) is 4.74 Å². The lowest BCUT2D eigenvalue weighted by molar-refractivity contribution is -0.136. The van der Waals surface area contributed by atoms with E-state index in [1.807, 2.05) is 6.07 Å². The van der Waals surface area contributed by atoms with Crippen LogP contribution in [0.1, 0.15) is 11.1 Å². The number of hydrogen-bond donors (Lipinski definition) is 1. The highest BCUT2D eigenvalue weighted by atomic mass is 19.4. The Hall–Kier alpha value is -2.17. The summed E-state index contributed by atoms with van der Waals surface area (Å²) in [6.45, 7) is 0.296. The zero-order chi connectivity index (χ0) is 14.6. The van der Waals surface area contributed by atoms with Crippen molar-refractivity contribution in [3.05, 3.63) is 59.7 Å². The molecule has 1 N–H and O–H groups in total. The van der Waals surface area contributed by atoms with E-state index in [1.165, 1.54) is 12.1 Å². The third-order valence-corrected chi connectivity index (χ3v) is 2.85. The Morgan fingerprint density at radius 2 is 1.80 bits per heavy atom. The average molecular weight is 281 g/mol. The Bertz CT molecular complexity index is 581. The standard InChI is InChI=1S/C15H14F3NO/c1-20-12-6-4-5-11(9-12)10-19-14-8-3-2-7-13(14)15(16,17)18/h2-9,19H,10H2,1H3. The van der Waals surface area contributed by atoms with E-state index in [1.54, 1.807) is 31.4 Å². The molecule has 20 heavy (non-hydrogen) atoms. The second-order valence-electron chi connectivity index (χ2n) is 4.25. The monoisotopic (exact) mass is 281 g/mol. The van der Waals surface area contributed by atoms with Crippen molar-refractivity contribution in [1.29, 1.82) is 0 Å². The maximum Gasteiger partial charge on any atom is 0.418 e. The largest absolute Gasteiger partial charge is 0.497 e. The molecule has 2 nitrogen and oxygen atoms in total. The van der Waals surface area contributed by atoms with Gasteiger partial charge in [-0.2, -0.15) is 13.2 Å². The number of rotatable bonds is 4. The maximum atomic E-state index is 12.8. The molecule has 2 aromatic carbocycles. The smallest absolute Gasteiger partial charge is 0.418 e. The Morgan fingerprint density at radius 3 is 2.50 bits per heavy atom. The zero-order valence-electron chi connectivity index (χ0n) is 10.9. The van der Waals surface area contributed by atoms with Gasteiger partial charge in [-0.25, -0.2) is 0 Å². The second kappa shape index (κ2) is 5.86. The molecule has 5 heteroatoms. The SMILES string of the molecule is COc1cccc(CNc2ccccc2C(F)(F)F)c1. The molecule has 0 aliphatic carbocycles. The van der Waals surface area contributed by atoms with Crippen LogP contribution in [-0.4, -0.2) is 7.11 Å². The molecule has 0 heterocycles. The first kappa shape index (κ1) is 14.2. The lowest BCUT2D eigenvalue weighted by Gasteiger charge is -2.14. The third-order valence-electron chi connectivity index (χ3n) is 2.85. The average Bonchev–Trinajstić information content (AvgIpc) is 2.44. The first-order valence-electron chi connectivity index (χ1n) is 6.04. The van der Waals surface area contributed by atoms with Gasteiger partial charge in [-0.1, -0.05) is 24.3 Å². The fourth-order valence-electron chi connectivity index (χ4n) is 1.86. The second-order valence-corrected chi connectivity index (χ2v) is 4.25. The number of anilines is 1. The van der Waals surface area contributed by atoms with Gasteiger partial charge in [-0.15, -0.1) is 0 Å². The van der Waals surface area contributed by atoms with E-state index in [0.717, 1.165) is 11.6 Å². The van der Waals surface area contributed by atoms with E-state index < -0.39 is 11.7 Å². The number of para-hydroxylation sites is 1. The molecule has 0 bridgehead atoms. The first-order valence-corrected chi connectivity index (χ1v) is 6.04. The van der Waals surface area contributed by atoms with Crippen LogP contribution in [0.25, 0.3) is 0 Å². The number of halogens is 3. The van der Waals surface area contributed by atoms with E-state index in [9.17, 15) is 13.2 Å². The topological polar surface area (TPSA) is 21.3 Å². The van der Waals surface area contributed by atoms with Crippen molar-refractivity contribution in [1.82, 2.24) is 0 Å². The summed E-state index contributed by atoms with van der Waals surface area (Å²) < 4.78 is 43.6. The minimum atomic E-state index is -4.36. The van der Waals surface area contributed by atoms with Gasteiger partial charge in [-0.05, 0) is 29.8 Å². The normalized spacial score (nSPS) is 11.2. The molecule has 0 aliphatic heterocycles. The van der Waals surface area contributed by atoms with Gasteiger partial charge in [0, 0.05) is 12.2 Å². The van der Waals surface area contributed by atoms with E-state index >= 15 is 0 Å². The summed E-state index contributed by atoms with van der Waals surface area (Å²) >= 11 is 0. The highest BCUT2D eigenvalue weighted by Gasteiger charge is 2.32. The van der Waals surface area contributed by atoms with Gasteiger partial charge < -0.3 is 10.1 Å². The van der Waals surface area contributed by atoms with Crippen molar-refractivity contribution >= 4 is 5.69 Å². The van der Waals surface area contributed by atoms with Gasteiger partial charge in [0.1, 0.15) is 5.75 Å². The number of methoxy groups -OCH3 is 1. The molecule has 0 radical (unpaired) electrons. The van der Waals surface area contributed by atoms with Gasteiger partial charge in [-0.3, -0.25) is 0 Å². The van der Waals surface area contributed by atoms with E-state index in [-0.39, 0.29) is 5.69 Å². The number of benzene rings is 2. The van der Waals surface area contributed by atoms with Crippen LogP contribution >= 0.6 is 0 Å². The lowest BCUT2D eigenvalue weighted by Crippen LogP contribution is -2.10. The minimum absolute atomic E-state index is 0.0721. The Labute approximate surface area is 115 Å². The quantitative estimate of drug-likeness (QED) is 0.900. The van der Waals surface area contributed by atoms with Crippen molar-refractivity contribution in [2.75, 3.05) is 12.4 Å². The fraction of sp³-hybridized carbons (Fsp3) is 0.200. The Kier molecular flexibility index (Phi) is 4.17. The van der Waals surface area contributed by atoms with Crippen LogP contribution in [0.2, 0.25) is 0 Å². The van der Waals surface area contributed by atoms with Gasteiger partial charge >= 0.3 is 6.18 Å². The van der Waals surface area contributed by atoms with Crippen LogP contribution in [0.4, 0.5) is 18.9 Å². The molecule has 2 aromatic rings. The summed E-state index contributed by atoms with van der Waals surface area (Å²) in [5, 5.41) is 2.81. The van der Waals surface area contributed by atoms with Gasteiger partial charge in [0.15, 0.2) is 0 Å². The third kappa shape index (κ3) is 3.44. The molecule has 0 atom stereocenters. The molecule has 106 valence electrons. The summed E-state index contributed by atoms with van der Waals surface area (Å²) in [6.07, 6.45) is -4.36. The predicted octanol–water partition coefficient (Wildman–Crippen LogP) is 4.33. The number of alkyl halides is 3. The fourth-order valence-corrected chi connectivity index (χ4v) is 1.86. The summed E-state index contributed by atoms with van der Waals surface area (Å²) in [4.78, 5) is 0. The Balaban J connectivity index is 2.15. The summed E-state index contributed by atoms with van der Waals surface area (Å²) in [7, 11) is 1.55. The van der Waals surface area contributed by atoms with Crippen molar-refractivity contribution in [3.8, 4) is 5.75 Å². The molecule has 0 saturated heterocycles. The molecule has 0 aromatic heterocycles. The first-order chi connectivity index (χ1) is 9.50. The number of ether oxygens (including phenoxy) is 1. The van der Waals surface area contributed by atoms with Crippen LogP contribution in [0.3, 0.4) is 0 Å². The van der Waals surface area contributed by atoms with Crippen LogP contribution in [0.5, 0.6) is 5.75 Å². The van der Waals surface area contributed by atoms with E-state index in [2.05, 4.69) is 5.32 Å². The molecule has 0 unspecified atom stereocenters. The predicted molar refractivity (Wildman–Crippen MR) is 71.8 cm³/mol. The van der Waals surface area contributed by atoms with Crippen molar-refractivity contribution in [2.24, 2.45) is 0 Å². The molecule has 0 fully saturated rings. The molecular formula is C15H14F3NO. The van der Waals surface area contributed by atoms with Crippen LogP contribution in [-0.2, 0) is 12.7 Å². The van der Waals surface area contributed by atoms with Gasteiger partial charge in [0.05, 0.1) is 12.7 Å². The molecule has 0 amide bonds. The lowest BCUT2D eigenvalue weighted by atomic mass is 10.1. The van der Waals surface area contributed by atoms with Gasteiger partial charge in [0.25, 0.3) is 0 Å². The summed E-state index contributed by atoms with van der Waals surface area (Å²) in [5.74, 6) is 0.674. The van der Waals surface area contributed by atoms with Crippen LogP contribution < -0.4 is 10.1 Å². The number of nitrogens with one attached hydrogen (secondary N) is 1. The molecular weight excluding hydrogens is 267 g/mol. The molecule has 0 spiro atoms. The number of hydrogen-bond acceptors (Lipinski definition) is 2. The van der Waals surface area contributed by atoms with Crippen molar-refractivity contribution in [3.63, 3.8) is 0 Å². The van der Waals surface area contributed by atoms with Crippen LogP contribution in [0.15, 0.2) is 48.5 Å². The molecule has 0 saturated carbocycles. The molecule has 0 aliphatic rings. The van der Waals surface area contributed by atoms with Crippen molar-refractivity contribution < 1.29 is 17.9 Å². The van der Waals surface area contributed by atoms with Crippen LogP contribution in [0, 0.1) is 0 Å². The molecule has 2 rings (SSSR count). The van der Waals surface area contributed by atoms with Gasteiger partial charge in [0.2, 0.25) is 0 Å². The summed E-state index contributed by atoms with van der Waals surface area (Å²) in [5.41, 5.74) is 0.257. The van der Waals surface area contributed by atoms with E-state index in [0.29, 0.717) is 12.3 Å². The minimum Gasteiger partial charge on any atom is -0.497 e. The summed E-state index contributed by atoms with van der Waals surface area (Å²) in [6, 6.07) is 12.6. The Morgan fingerprint density at radius 1 is 1.05 bits per heavy atom. The zero-order valence-corrected chi connectivity index (χ0v) is 10.9. The van der Waals surface area contributed by atoms with Crippen molar-refractivity contribution in [2.45, 2.75) is 12.7 Å². The maximum absolute atomic E-state index is 12.8.